The maximum atomic E-state index is 14.0. The molecule has 2 aromatic heterocycles. The minimum Gasteiger partial charge on any atom is -0.444 e. The van der Waals surface area contributed by atoms with Crippen molar-refractivity contribution in [3.63, 3.8) is 0 Å². The van der Waals surface area contributed by atoms with Crippen LogP contribution < -0.4 is 5.32 Å². The molecule has 0 aliphatic heterocycles. The highest BCUT2D eigenvalue weighted by Crippen LogP contribution is 2.34. The van der Waals surface area contributed by atoms with Gasteiger partial charge in [0.25, 0.3) is 0 Å². The fraction of sp³-hybridized carbons (Fsp3) is 0.417. The van der Waals surface area contributed by atoms with Gasteiger partial charge in [-0.05, 0) is 57.7 Å². The quantitative estimate of drug-likeness (QED) is 0.528. The first-order valence-electron chi connectivity index (χ1n) is 10.8. The smallest absolute Gasteiger partial charge is 0.410 e. The van der Waals surface area contributed by atoms with E-state index in [1.54, 1.807) is 18.0 Å². The first-order valence-corrected chi connectivity index (χ1v) is 10.8. The van der Waals surface area contributed by atoms with Crippen LogP contribution in [0.15, 0.2) is 24.3 Å². The summed E-state index contributed by atoms with van der Waals surface area (Å²) in [6.45, 7) is 5.52. The lowest BCUT2D eigenvalue weighted by molar-refractivity contribution is 0.0210. The van der Waals surface area contributed by atoms with Gasteiger partial charge in [0, 0.05) is 43.4 Å². The third-order valence-corrected chi connectivity index (χ3v) is 5.93. The molecule has 0 saturated carbocycles. The number of carbonyl (C=O) groups is 1. The predicted molar refractivity (Wildman–Crippen MR) is 120 cm³/mol. The number of rotatable bonds is 3. The van der Waals surface area contributed by atoms with Gasteiger partial charge in [-0.1, -0.05) is 0 Å². The molecule has 1 N–H and O–H groups in total. The van der Waals surface area contributed by atoms with E-state index in [0.717, 1.165) is 35.6 Å². The van der Waals surface area contributed by atoms with E-state index >= 15 is 0 Å². The number of pyridine rings is 1. The zero-order valence-electron chi connectivity index (χ0n) is 19.3. The van der Waals surface area contributed by atoms with E-state index < -0.39 is 23.1 Å². The van der Waals surface area contributed by atoms with Crippen molar-refractivity contribution in [3.8, 4) is 0 Å². The summed E-state index contributed by atoms with van der Waals surface area (Å²) in [7, 11) is 3.67. The molecule has 6 nitrogen and oxygen atoms in total. The van der Waals surface area contributed by atoms with Crippen LogP contribution in [0.3, 0.4) is 0 Å². The van der Waals surface area contributed by atoms with Gasteiger partial charge >= 0.3 is 6.09 Å². The van der Waals surface area contributed by atoms with Crippen LogP contribution in [0.4, 0.5) is 29.5 Å². The van der Waals surface area contributed by atoms with E-state index in [4.69, 9.17) is 4.74 Å². The van der Waals surface area contributed by atoms with Crippen LogP contribution in [-0.4, -0.2) is 39.2 Å². The summed E-state index contributed by atoms with van der Waals surface area (Å²) in [6, 6.07) is 4.80. The molecule has 33 heavy (non-hydrogen) atoms. The number of halogens is 3. The molecule has 1 unspecified atom stereocenters. The molecule has 1 atom stereocenters. The number of nitrogens with one attached hydrogen (secondary N) is 1. The standard InChI is InChI=1S/C24H27F3N4O2/c1-24(2,3)33-23(32)30(4)13-6-8-20-15(10-13)14-7-9-21(29-22(14)31(20)5)28-19-12-17(26)16(25)11-18(19)27/h7,9,11-13H,6,8,10H2,1-5H3,(H,28,29). The minimum atomic E-state index is -1.25. The number of hydrogen-bond donors (Lipinski definition) is 1. The normalized spacial score (nSPS) is 15.9. The first kappa shape index (κ1) is 22.9. The number of amides is 1. The van der Waals surface area contributed by atoms with Gasteiger partial charge in [-0.25, -0.2) is 22.9 Å². The molecule has 4 rings (SSSR count). The van der Waals surface area contributed by atoms with Gasteiger partial charge in [-0.2, -0.15) is 0 Å². The van der Waals surface area contributed by atoms with Gasteiger partial charge in [-0.3, -0.25) is 0 Å². The first-order chi connectivity index (χ1) is 15.4. The van der Waals surface area contributed by atoms with Gasteiger partial charge in [0.1, 0.15) is 22.9 Å². The van der Waals surface area contributed by atoms with Crippen molar-refractivity contribution in [1.29, 1.82) is 0 Å². The molecule has 9 heteroatoms. The predicted octanol–water partition coefficient (Wildman–Crippen LogP) is 5.46. The lowest BCUT2D eigenvalue weighted by atomic mass is 9.91. The van der Waals surface area contributed by atoms with Crippen molar-refractivity contribution in [2.24, 2.45) is 7.05 Å². The van der Waals surface area contributed by atoms with Crippen LogP contribution in [0.5, 0.6) is 0 Å². The molecular weight excluding hydrogens is 433 g/mol. The number of hydrogen-bond acceptors (Lipinski definition) is 4. The largest absolute Gasteiger partial charge is 0.444 e. The van der Waals surface area contributed by atoms with Gasteiger partial charge in [0.05, 0.1) is 5.69 Å². The SMILES string of the molecule is CN(C(=O)OC(C)(C)C)C1CCc2c(c3ccc(Nc4cc(F)c(F)cc4F)nc3n2C)C1. The van der Waals surface area contributed by atoms with Crippen molar-refractivity contribution in [2.75, 3.05) is 12.4 Å². The Hall–Kier alpha value is -3.23. The van der Waals surface area contributed by atoms with Crippen LogP contribution in [0.2, 0.25) is 0 Å². The highest BCUT2D eigenvalue weighted by Gasteiger charge is 2.31. The average Bonchev–Trinajstić information content (AvgIpc) is 3.01. The molecule has 2 heterocycles. The third-order valence-electron chi connectivity index (χ3n) is 5.93. The Morgan fingerprint density at radius 1 is 1.18 bits per heavy atom. The highest BCUT2D eigenvalue weighted by molar-refractivity contribution is 5.85. The maximum absolute atomic E-state index is 14.0. The molecule has 176 valence electrons. The molecule has 0 radical (unpaired) electrons. The second kappa shape index (κ2) is 8.28. The fourth-order valence-electron chi connectivity index (χ4n) is 4.25. The van der Waals surface area contributed by atoms with Crippen molar-refractivity contribution < 1.29 is 22.7 Å². The summed E-state index contributed by atoms with van der Waals surface area (Å²) in [5, 5.41) is 3.66. The Labute approximate surface area is 190 Å². The number of likely N-dealkylation sites (N-methyl/N-ethyl adjacent to an activating group) is 1. The Balaban J connectivity index is 1.61. The summed E-state index contributed by atoms with van der Waals surface area (Å²) >= 11 is 0. The Morgan fingerprint density at radius 2 is 1.88 bits per heavy atom. The van der Waals surface area contributed by atoms with E-state index in [-0.39, 0.29) is 17.8 Å². The molecule has 1 amide bonds. The average molecular weight is 461 g/mol. The lowest BCUT2D eigenvalue weighted by Gasteiger charge is -2.33. The summed E-state index contributed by atoms with van der Waals surface area (Å²) < 4.78 is 48.3. The summed E-state index contributed by atoms with van der Waals surface area (Å²) in [6.07, 6.45) is 1.86. The zero-order chi connectivity index (χ0) is 24.1. The van der Waals surface area contributed by atoms with Gasteiger partial charge in [0.15, 0.2) is 11.6 Å². The number of nitrogens with zero attached hydrogens (tertiary/aromatic N) is 3. The molecule has 1 aliphatic rings. The van der Waals surface area contributed by atoms with E-state index in [2.05, 4.69) is 10.3 Å². The van der Waals surface area contributed by atoms with Crippen LogP contribution >= 0.6 is 0 Å². The van der Waals surface area contributed by atoms with Crippen molar-refractivity contribution >= 4 is 28.6 Å². The van der Waals surface area contributed by atoms with Gasteiger partial charge in [-0.15, -0.1) is 0 Å². The highest BCUT2D eigenvalue weighted by atomic mass is 19.2. The summed E-state index contributed by atoms with van der Waals surface area (Å²) in [4.78, 5) is 18.8. The molecule has 0 saturated heterocycles. The summed E-state index contributed by atoms with van der Waals surface area (Å²) in [5.41, 5.74) is 2.16. The number of ether oxygens (including phenoxy) is 1. The monoisotopic (exact) mass is 460 g/mol. The number of aryl methyl sites for hydroxylation is 1. The Kier molecular flexibility index (Phi) is 5.76. The zero-order valence-corrected chi connectivity index (χ0v) is 19.3. The maximum Gasteiger partial charge on any atom is 0.410 e. The van der Waals surface area contributed by atoms with Gasteiger partial charge < -0.3 is 19.5 Å². The van der Waals surface area contributed by atoms with E-state index in [1.165, 1.54) is 0 Å². The van der Waals surface area contributed by atoms with Crippen LogP contribution in [-0.2, 0) is 24.6 Å². The molecule has 0 bridgehead atoms. The van der Waals surface area contributed by atoms with Crippen molar-refractivity contribution in [3.05, 3.63) is 53.0 Å². The number of aromatic nitrogens is 2. The Morgan fingerprint density at radius 3 is 2.58 bits per heavy atom. The second-order valence-electron chi connectivity index (χ2n) is 9.41. The van der Waals surface area contributed by atoms with Crippen LogP contribution in [0.1, 0.15) is 38.4 Å². The van der Waals surface area contributed by atoms with Crippen molar-refractivity contribution in [1.82, 2.24) is 14.5 Å². The lowest BCUT2D eigenvalue weighted by Crippen LogP contribution is -2.43. The van der Waals surface area contributed by atoms with E-state index in [1.807, 2.05) is 38.5 Å². The molecule has 0 fully saturated rings. The Bertz CT molecular complexity index is 1230. The molecule has 1 aliphatic carbocycles. The molecule has 0 spiro atoms. The summed E-state index contributed by atoms with van der Waals surface area (Å²) in [5.74, 6) is -2.99. The second-order valence-corrected chi connectivity index (χ2v) is 9.41. The van der Waals surface area contributed by atoms with Crippen LogP contribution in [0, 0.1) is 17.5 Å². The van der Waals surface area contributed by atoms with E-state index in [9.17, 15) is 18.0 Å². The number of fused-ring (bicyclic) bond motifs is 3. The fourth-order valence-corrected chi connectivity index (χ4v) is 4.25. The topological polar surface area (TPSA) is 59.4 Å². The molecule has 3 aromatic rings. The molecule has 1 aromatic carbocycles. The number of benzene rings is 1. The van der Waals surface area contributed by atoms with Crippen LogP contribution in [0.25, 0.3) is 11.0 Å². The van der Waals surface area contributed by atoms with Gasteiger partial charge in [0.2, 0.25) is 0 Å². The third kappa shape index (κ3) is 4.49. The number of anilines is 2. The molecular formula is C24H27F3N4O2. The number of carbonyl (C=O) groups excluding carboxylic acids is 1. The van der Waals surface area contributed by atoms with Crippen molar-refractivity contribution in [2.45, 2.75) is 51.7 Å². The minimum absolute atomic E-state index is 0.00737. The van der Waals surface area contributed by atoms with E-state index in [0.29, 0.717) is 24.0 Å².